The second-order valence-electron chi connectivity index (χ2n) is 7.28. The standard InChI is InChI=1S/C14H22IOP/c15-17(16,13-5-1-11(9-13)2-6-13)14-7-3-12(10-14)4-8-14/h11-12H,1-10H2. The summed E-state index contributed by atoms with van der Waals surface area (Å²) in [6.45, 7) is 0. The van der Waals surface area contributed by atoms with Gasteiger partial charge in [-0.25, -0.2) is 0 Å². The molecule has 0 amide bonds. The Morgan fingerprint density at radius 3 is 1.41 bits per heavy atom. The molecule has 0 radical (unpaired) electrons. The van der Waals surface area contributed by atoms with E-state index in [1.165, 1.54) is 64.2 Å². The third kappa shape index (κ3) is 1.35. The summed E-state index contributed by atoms with van der Waals surface area (Å²) in [5.41, 5.74) is 0. The second-order valence-corrected chi connectivity index (χ2v) is 14.3. The molecule has 96 valence electrons. The maximum atomic E-state index is 13.8. The molecule has 0 atom stereocenters. The summed E-state index contributed by atoms with van der Waals surface area (Å²) in [7, 11) is 0. The summed E-state index contributed by atoms with van der Waals surface area (Å²) >= 11 is 2.49. The molecule has 0 spiro atoms. The van der Waals surface area contributed by atoms with Crippen LogP contribution in [0.1, 0.15) is 64.2 Å². The van der Waals surface area contributed by atoms with E-state index < -0.39 is 4.78 Å². The van der Waals surface area contributed by atoms with E-state index in [0.29, 0.717) is 10.3 Å². The third-order valence-electron chi connectivity index (χ3n) is 6.63. The third-order valence-corrected chi connectivity index (χ3v) is 16.5. The average Bonchev–Trinajstić information content (AvgIpc) is 3.09. The molecule has 1 nitrogen and oxygen atoms in total. The Kier molecular flexibility index (Phi) is 2.44. The predicted octanol–water partition coefficient (Wildman–Crippen LogP) is 5.36. The molecule has 4 fully saturated rings. The molecular formula is C14H22IOP. The highest BCUT2D eigenvalue weighted by molar-refractivity contribution is 14.2. The maximum Gasteiger partial charge on any atom is 0.155 e. The minimum Gasteiger partial charge on any atom is -0.311 e. The zero-order chi connectivity index (χ0) is 11.7. The SMILES string of the molecule is O=P(I)(C12CCC(CC1)C2)C12CCC(CC1)C2. The predicted molar refractivity (Wildman–Crippen MR) is 80.2 cm³/mol. The molecule has 4 bridgehead atoms. The average molecular weight is 364 g/mol. The summed E-state index contributed by atoms with van der Waals surface area (Å²) in [5, 5.41) is 0.606. The smallest absolute Gasteiger partial charge is 0.155 e. The molecule has 0 heterocycles. The molecule has 0 aliphatic heterocycles. The first-order chi connectivity index (χ1) is 8.07. The van der Waals surface area contributed by atoms with Gasteiger partial charge in [0.25, 0.3) is 0 Å². The molecule has 4 aliphatic carbocycles. The van der Waals surface area contributed by atoms with Gasteiger partial charge in [0, 0.05) is 10.3 Å². The molecule has 3 heteroatoms. The Labute approximate surface area is 117 Å². The van der Waals surface area contributed by atoms with Crippen LogP contribution in [0.3, 0.4) is 0 Å². The molecule has 0 aromatic rings. The second kappa shape index (κ2) is 3.53. The lowest BCUT2D eigenvalue weighted by Crippen LogP contribution is -2.33. The van der Waals surface area contributed by atoms with Crippen LogP contribution in [0.25, 0.3) is 0 Å². The molecule has 0 aromatic heterocycles. The van der Waals surface area contributed by atoms with Crippen molar-refractivity contribution in [1.29, 1.82) is 0 Å². The lowest BCUT2D eigenvalue weighted by atomic mass is 9.99. The molecule has 17 heavy (non-hydrogen) atoms. The van der Waals surface area contributed by atoms with Crippen molar-refractivity contribution in [2.75, 3.05) is 0 Å². The Morgan fingerprint density at radius 2 is 1.18 bits per heavy atom. The van der Waals surface area contributed by atoms with E-state index in [0.717, 1.165) is 11.8 Å². The van der Waals surface area contributed by atoms with Crippen molar-refractivity contribution < 1.29 is 4.57 Å². The van der Waals surface area contributed by atoms with Crippen LogP contribution in [0, 0.1) is 11.8 Å². The van der Waals surface area contributed by atoms with Gasteiger partial charge in [-0.05, 0) is 98.1 Å². The zero-order valence-electron chi connectivity index (χ0n) is 10.5. The minimum absolute atomic E-state index is 0.303. The topological polar surface area (TPSA) is 17.1 Å². The van der Waals surface area contributed by atoms with Crippen LogP contribution in [-0.4, -0.2) is 10.3 Å². The fraction of sp³-hybridized carbons (Fsp3) is 1.00. The van der Waals surface area contributed by atoms with Crippen LogP contribution >= 0.6 is 26.8 Å². The van der Waals surface area contributed by atoms with Crippen molar-refractivity contribution in [3.63, 3.8) is 0 Å². The number of rotatable bonds is 2. The molecule has 4 aliphatic rings. The highest BCUT2D eigenvalue weighted by Gasteiger charge is 2.65. The summed E-state index contributed by atoms with van der Waals surface area (Å²) in [4.78, 5) is -2.00. The Morgan fingerprint density at radius 1 is 0.824 bits per heavy atom. The van der Waals surface area contributed by atoms with Crippen LogP contribution in [0.2, 0.25) is 0 Å². The van der Waals surface area contributed by atoms with Crippen molar-refractivity contribution in [2.24, 2.45) is 11.8 Å². The number of hydrogen-bond acceptors (Lipinski definition) is 1. The molecule has 4 saturated carbocycles. The Balaban J connectivity index is 1.74. The highest BCUT2D eigenvalue weighted by Crippen LogP contribution is 2.86. The molecular weight excluding hydrogens is 342 g/mol. The van der Waals surface area contributed by atoms with Crippen molar-refractivity contribution in [3.05, 3.63) is 0 Å². The van der Waals surface area contributed by atoms with Crippen LogP contribution < -0.4 is 0 Å². The van der Waals surface area contributed by atoms with Gasteiger partial charge in [0.2, 0.25) is 0 Å². The van der Waals surface area contributed by atoms with Crippen LogP contribution in [0.4, 0.5) is 0 Å². The van der Waals surface area contributed by atoms with Crippen molar-refractivity contribution in [2.45, 2.75) is 74.5 Å². The van der Waals surface area contributed by atoms with Crippen molar-refractivity contribution in [1.82, 2.24) is 0 Å². The molecule has 0 N–H and O–H groups in total. The fourth-order valence-corrected chi connectivity index (χ4v) is 13.4. The van der Waals surface area contributed by atoms with Gasteiger partial charge in [-0.3, -0.25) is 0 Å². The van der Waals surface area contributed by atoms with Gasteiger partial charge in [0.15, 0.2) is 4.78 Å². The summed E-state index contributed by atoms with van der Waals surface area (Å²) in [6.07, 6.45) is 13.3. The Bertz CT molecular complexity index is 355. The maximum absolute atomic E-state index is 13.8. The lowest BCUT2D eigenvalue weighted by Gasteiger charge is -2.43. The van der Waals surface area contributed by atoms with Crippen molar-refractivity contribution in [3.8, 4) is 0 Å². The lowest BCUT2D eigenvalue weighted by molar-refractivity contribution is 0.444. The van der Waals surface area contributed by atoms with E-state index in [2.05, 4.69) is 22.0 Å². The molecule has 0 saturated heterocycles. The summed E-state index contributed by atoms with van der Waals surface area (Å²) in [5.74, 6) is 1.88. The highest BCUT2D eigenvalue weighted by atomic mass is 127. The largest absolute Gasteiger partial charge is 0.311 e. The zero-order valence-corrected chi connectivity index (χ0v) is 13.5. The number of hydrogen-bond donors (Lipinski definition) is 0. The van der Waals surface area contributed by atoms with Crippen LogP contribution in [0.5, 0.6) is 0 Å². The van der Waals surface area contributed by atoms with Crippen LogP contribution in [-0.2, 0) is 4.57 Å². The van der Waals surface area contributed by atoms with E-state index in [-0.39, 0.29) is 0 Å². The minimum atomic E-state index is -2.00. The molecule has 4 rings (SSSR count). The first-order valence-corrected chi connectivity index (χ1v) is 11.9. The van der Waals surface area contributed by atoms with E-state index in [4.69, 9.17) is 0 Å². The van der Waals surface area contributed by atoms with Gasteiger partial charge < -0.3 is 4.57 Å². The van der Waals surface area contributed by atoms with Crippen molar-refractivity contribution >= 4 is 26.8 Å². The quantitative estimate of drug-likeness (QED) is 0.476. The molecule has 0 aromatic carbocycles. The Hall–Kier alpha value is 0.960. The molecule has 0 unspecified atom stereocenters. The fourth-order valence-electron chi connectivity index (χ4n) is 5.63. The first kappa shape index (κ1) is 11.8. The number of fused-ring (bicyclic) bond motifs is 4. The van der Waals surface area contributed by atoms with Gasteiger partial charge >= 0.3 is 0 Å². The first-order valence-electron chi connectivity index (χ1n) is 7.37. The number of halogens is 1. The van der Waals surface area contributed by atoms with E-state index in [9.17, 15) is 4.57 Å². The van der Waals surface area contributed by atoms with E-state index in [1.54, 1.807) is 0 Å². The van der Waals surface area contributed by atoms with Gasteiger partial charge in [-0.1, -0.05) is 0 Å². The van der Waals surface area contributed by atoms with E-state index in [1.807, 2.05) is 0 Å². The summed E-state index contributed by atoms with van der Waals surface area (Å²) in [6, 6.07) is 0. The van der Waals surface area contributed by atoms with Gasteiger partial charge in [-0.2, -0.15) is 0 Å². The summed E-state index contributed by atoms with van der Waals surface area (Å²) < 4.78 is 13.8. The monoisotopic (exact) mass is 364 g/mol. The van der Waals surface area contributed by atoms with Gasteiger partial charge in [-0.15, -0.1) is 0 Å². The van der Waals surface area contributed by atoms with Crippen LogP contribution in [0.15, 0.2) is 0 Å². The van der Waals surface area contributed by atoms with Gasteiger partial charge in [0.1, 0.15) is 0 Å². The normalized spacial score (nSPS) is 55.4. The van der Waals surface area contributed by atoms with Gasteiger partial charge in [0.05, 0.1) is 0 Å². The van der Waals surface area contributed by atoms with E-state index >= 15 is 0 Å².